The Balaban J connectivity index is 3.07. The number of carboxylic acids is 1. The summed E-state index contributed by atoms with van der Waals surface area (Å²) in [6.07, 6.45) is -4.13. The Morgan fingerprint density at radius 2 is 2.00 bits per heavy atom. The first kappa shape index (κ1) is 15.4. The second kappa shape index (κ2) is 5.13. The minimum absolute atomic E-state index is 0.500. The van der Waals surface area contributed by atoms with Gasteiger partial charge in [-0.1, -0.05) is 0 Å². The van der Waals surface area contributed by atoms with E-state index in [1.807, 2.05) is 0 Å². The van der Waals surface area contributed by atoms with E-state index in [0.717, 1.165) is 13.1 Å². The molecule has 0 bridgehead atoms. The average Bonchev–Trinajstić information content (AvgIpc) is 2.27. The van der Waals surface area contributed by atoms with Crippen LogP contribution < -0.4 is 0 Å². The van der Waals surface area contributed by atoms with Gasteiger partial charge in [0.2, 0.25) is 10.0 Å². The number of nitrogens with zero attached hydrogens (tertiary/aromatic N) is 2. The fourth-order valence-corrected chi connectivity index (χ4v) is 2.22. The van der Waals surface area contributed by atoms with Crippen molar-refractivity contribution in [3.8, 4) is 0 Å². The number of carboxylic acid groups (broad SMARTS) is 1. The molecule has 1 aromatic rings. The molecule has 0 aliphatic rings. The molecule has 1 aromatic heterocycles. The van der Waals surface area contributed by atoms with E-state index in [2.05, 4.69) is 4.98 Å². The molecular formula is C9H9F3N2O4S. The molecule has 0 radical (unpaired) electrons. The van der Waals surface area contributed by atoms with E-state index < -0.39 is 39.3 Å². The molecule has 106 valence electrons. The average molecular weight is 298 g/mol. The summed E-state index contributed by atoms with van der Waals surface area (Å²) in [7, 11) is -3.17. The van der Waals surface area contributed by atoms with Crippen LogP contribution >= 0.6 is 0 Å². The summed E-state index contributed by atoms with van der Waals surface area (Å²) in [6, 6.07) is 1.24. The molecular weight excluding hydrogens is 289 g/mol. The van der Waals surface area contributed by atoms with Gasteiger partial charge in [-0.15, -0.1) is 0 Å². The number of rotatable bonds is 4. The minimum atomic E-state index is -4.67. The Kier molecular flexibility index (Phi) is 4.15. The number of halogens is 3. The van der Waals surface area contributed by atoms with Gasteiger partial charge in [-0.2, -0.15) is 17.5 Å². The first-order valence-corrected chi connectivity index (χ1v) is 6.20. The molecule has 1 heterocycles. The van der Waals surface area contributed by atoms with Crippen LogP contribution in [-0.2, 0) is 21.0 Å². The Bertz CT molecular complexity index is 568. The third kappa shape index (κ3) is 3.64. The maximum atomic E-state index is 12.2. The summed E-state index contributed by atoms with van der Waals surface area (Å²) in [6.45, 7) is -0.802. The summed E-state index contributed by atoms with van der Waals surface area (Å²) in [5, 5.41) is 8.47. The van der Waals surface area contributed by atoms with E-state index in [1.54, 1.807) is 0 Å². The quantitative estimate of drug-likeness (QED) is 0.888. The highest BCUT2D eigenvalue weighted by atomic mass is 32.2. The van der Waals surface area contributed by atoms with Crippen molar-refractivity contribution in [2.24, 2.45) is 0 Å². The van der Waals surface area contributed by atoms with E-state index in [-0.39, 0.29) is 0 Å². The van der Waals surface area contributed by atoms with E-state index in [9.17, 15) is 26.4 Å². The molecule has 0 fully saturated rings. The lowest BCUT2D eigenvalue weighted by atomic mass is 10.3. The molecule has 0 amide bonds. The molecule has 6 nitrogen and oxygen atoms in total. The van der Waals surface area contributed by atoms with Gasteiger partial charge in [0, 0.05) is 13.2 Å². The molecule has 10 heteroatoms. The van der Waals surface area contributed by atoms with Gasteiger partial charge >= 0.3 is 12.1 Å². The highest BCUT2D eigenvalue weighted by Gasteiger charge is 2.33. The molecule has 0 saturated carbocycles. The van der Waals surface area contributed by atoms with E-state index >= 15 is 0 Å². The van der Waals surface area contributed by atoms with E-state index in [0.29, 0.717) is 16.6 Å². The van der Waals surface area contributed by atoms with Gasteiger partial charge in [0.15, 0.2) is 0 Å². The Morgan fingerprint density at radius 1 is 1.42 bits per heavy atom. The molecule has 1 N–H and O–H groups in total. The van der Waals surface area contributed by atoms with Crippen LogP contribution in [0.3, 0.4) is 0 Å². The Hall–Kier alpha value is -1.68. The summed E-state index contributed by atoms with van der Waals surface area (Å²) < 4.78 is 60.8. The zero-order chi connectivity index (χ0) is 14.8. The number of aromatic nitrogens is 1. The Labute approximate surface area is 106 Å². The fraction of sp³-hybridized carbons (Fsp3) is 0.333. The van der Waals surface area contributed by atoms with Crippen molar-refractivity contribution >= 4 is 16.0 Å². The van der Waals surface area contributed by atoms with Crippen LogP contribution in [0, 0.1) is 0 Å². The molecule has 0 atom stereocenters. The van der Waals surface area contributed by atoms with Crippen molar-refractivity contribution < 1.29 is 31.5 Å². The molecule has 0 spiro atoms. The number of aliphatic carboxylic acids is 1. The number of hydrogen-bond donors (Lipinski definition) is 1. The van der Waals surface area contributed by atoms with Crippen LogP contribution in [0.15, 0.2) is 23.2 Å². The lowest BCUT2D eigenvalue weighted by Crippen LogP contribution is -2.32. The van der Waals surface area contributed by atoms with Gasteiger partial charge in [0.1, 0.15) is 17.1 Å². The van der Waals surface area contributed by atoms with Crippen LogP contribution in [0.4, 0.5) is 13.2 Å². The lowest BCUT2D eigenvalue weighted by Gasteiger charge is -2.15. The fourth-order valence-electron chi connectivity index (χ4n) is 1.16. The number of carbonyl (C=O) groups is 1. The highest BCUT2D eigenvalue weighted by Crippen LogP contribution is 2.28. The maximum absolute atomic E-state index is 12.2. The van der Waals surface area contributed by atoms with Crippen molar-refractivity contribution in [2.75, 3.05) is 13.6 Å². The first-order chi connectivity index (χ1) is 8.55. The van der Waals surface area contributed by atoms with Crippen molar-refractivity contribution in [1.82, 2.24) is 9.29 Å². The van der Waals surface area contributed by atoms with Gasteiger partial charge < -0.3 is 5.11 Å². The third-order valence-corrected chi connectivity index (χ3v) is 3.88. The van der Waals surface area contributed by atoms with Crippen LogP contribution in [0.5, 0.6) is 0 Å². The normalized spacial score (nSPS) is 12.7. The second-order valence-electron chi connectivity index (χ2n) is 3.53. The van der Waals surface area contributed by atoms with E-state index in [4.69, 9.17) is 5.11 Å². The van der Waals surface area contributed by atoms with Gasteiger partial charge in [-0.05, 0) is 12.1 Å². The van der Waals surface area contributed by atoms with Crippen molar-refractivity contribution in [3.63, 3.8) is 0 Å². The van der Waals surface area contributed by atoms with Crippen LogP contribution in [0.25, 0.3) is 0 Å². The van der Waals surface area contributed by atoms with Crippen LogP contribution in [-0.4, -0.2) is 42.4 Å². The third-order valence-electron chi connectivity index (χ3n) is 2.09. The predicted molar refractivity (Wildman–Crippen MR) is 56.7 cm³/mol. The number of alkyl halides is 3. The zero-order valence-electron chi connectivity index (χ0n) is 9.55. The zero-order valence-corrected chi connectivity index (χ0v) is 10.4. The molecule has 0 aromatic carbocycles. The van der Waals surface area contributed by atoms with Crippen LogP contribution in [0.1, 0.15) is 5.69 Å². The minimum Gasteiger partial charge on any atom is -0.480 e. The van der Waals surface area contributed by atoms with E-state index in [1.165, 1.54) is 0 Å². The van der Waals surface area contributed by atoms with Crippen molar-refractivity contribution in [1.29, 1.82) is 0 Å². The Morgan fingerprint density at radius 3 is 2.37 bits per heavy atom. The summed E-state index contributed by atoms with van der Waals surface area (Å²) in [5.74, 6) is -1.38. The smallest absolute Gasteiger partial charge is 0.433 e. The standard InChI is InChI=1S/C9H9F3N2O4S/c1-14(5-8(15)16)19(17,18)6-2-3-7(13-4-6)9(10,11)12/h2-4H,5H2,1H3,(H,15,16). The largest absolute Gasteiger partial charge is 0.480 e. The monoisotopic (exact) mass is 298 g/mol. The van der Waals surface area contributed by atoms with Gasteiger partial charge in [-0.25, -0.2) is 8.42 Å². The van der Waals surface area contributed by atoms with Gasteiger partial charge in [-0.3, -0.25) is 9.78 Å². The number of hydrogen-bond acceptors (Lipinski definition) is 4. The topological polar surface area (TPSA) is 87.6 Å². The molecule has 0 aliphatic heterocycles. The summed E-state index contributed by atoms with van der Waals surface area (Å²) >= 11 is 0. The molecule has 0 aliphatic carbocycles. The first-order valence-electron chi connectivity index (χ1n) is 4.76. The van der Waals surface area contributed by atoms with Gasteiger partial charge in [0.05, 0.1) is 0 Å². The molecule has 1 rings (SSSR count). The summed E-state index contributed by atoms with van der Waals surface area (Å²) in [4.78, 5) is 12.9. The molecule has 0 unspecified atom stereocenters. The number of pyridine rings is 1. The predicted octanol–water partition coefficient (Wildman–Crippen LogP) is 0.805. The summed E-state index contributed by atoms with van der Waals surface area (Å²) in [5.41, 5.74) is -1.23. The molecule has 19 heavy (non-hydrogen) atoms. The highest BCUT2D eigenvalue weighted by molar-refractivity contribution is 7.89. The number of likely N-dealkylation sites (N-methyl/N-ethyl adjacent to an activating group) is 1. The number of sulfonamides is 1. The van der Waals surface area contributed by atoms with Crippen molar-refractivity contribution in [2.45, 2.75) is 11.1 Å². The molecule has 0 saturated heterocycles. The SMILES string of the molecule is CN(CC(=O)O)S(=O)(=O)c1ccc(C(F)(F)F)nc1. The maximum Gasteiger partial charge on any atom is 0.433 e. The van der Waals surface area contributed by atoms with Gasteiger partial charge in [0.25, 0.3) is 0 Å². The second-order valence-corrected chi connectivity index (χ2v) is 5.58. The van der Waals surface area contributed by atoms with Crippen molar-refractivity contribution in [3.05, 3.63) is 24.0 Å². The van der Waals surface area contributed by atoms with Crippen LogP contribution in [0.2, 0.25) is 0 Å². The lowest BCUT2D eigenvalue weighted by molar-refractivity contribution is -0.141.